The van der Waals surface area contributed by atoms with Crippen LogP contribution in [0.1, 0.15) is 44.8 Å². The van der Waals surface area contributed by atoms with Gasteiger partial charge < -0.3 is 5.11 Å². The molecule has 1 aliphatic rings. The highest BCUT2D eigenvalue weighted by molar-refractivity contribution is 7.09. The fraction of sp³-hybridized carbons (Fsp3) is 0.786. The van der Waals surface area contributed by atoms with Gasteiger partial charge in [-0.2, -0.15) is 0 Å². The normalized spacial score (nSPS) is 26.5. The molecule has 1 aliphatic heterocycles. The van der Waals surface area contributed by atoms with Crippen LogP contribution in [0.15, 0.2) is 5.38 Å². The standard InChI is InChI=1S/C14H24N2OS/c1-10-7-16(6-5-12(10)17)8-11-9-18-13(15-11)14(2,3)4/h9-10,12,17H,5-8H2,1-4H3. The molecule has 1 fully saturated rings. The van der Waals surface area contributed by atoms with Crippen molar-refractivity contribution >= 4 is 11.3 Å². The van der Waals surface area contributed by atoms with Crippen molar-refractivity contribution in [1.82, 2.24) is 9.88 Å². The van der Waals surface area contributed by atoms with Gasteiger partial charge in [-0.15, -0.1) is 11.3 Å². The van der Waals surface area contributed by atoms with Crippen molar-refractivity contribution < 1.29 is 5.11 Å². The van der Waals surface area contributed by atoms with E-state index in [1.807, 2.05) is 0 Å². The first-order chi connectivity index (χ1) is 8.36. The zero-order valence-corrected chi connectivity index (χ0v) is 12.6. The lowest BCUT2D eigenvalue weighted by molar-refractivity contribution is 0.0316. The maximum Gasteiger partial charge on any atom is 0.0982 e. The zero-order chi connectivity index (χ0) is 13.3. The second-order valence-electron chi connectivity index (χ2n) is 6.46. The summed E-state index contributed by atoms with van der Waals surface area (Å²) in [5, 5.41) is 13.1. The number of likely N-dealkylation sites (tertiary alicyclic amines) is 1. The highest BCUT2D eigenvalue weighted by atomic mass is 32.1. The predicted octanol–water partition coefficient (Wildman–Crippen LogP) is 2.64. The van der Waals surface area contributed by atoms with Gasteiger partial charge in [0, 0.05) is 30.4 Å². The maximum atomic E-state index is 9.73. The first kappa shape index (κ1) is 14.0. The third-order valence-electron chi connectivity index (χ3n) is 3.52. The number of aliphatic hydroxyl groups excluding tert-OH is 1. The number of aliphatic hydroxyl groups is 1. The molecule has 18 heavy (non-hydrogen) atoms. The van der Waals surface area contributed by atoms with Crippen molar-refractivity contribution in [2.75, 3.05) is 13.1 Å². The number of piperidine rings is 1. The molecule has 0 spiro atoms. The van der Waals surface area contributed by atoms with Crippen LogP contribution in [0.3, 0.4) is 0 Å². The van der Waals surface area contributed by atoms with Gasteiger partial charge in [0.05, 0.1) is 16.8 Å². The predicted molar refractivity (Wildman–Crippen MR) is 75.9 cm³/mol. The van der Waals surface area contributed by atoms with E-state index in [1.165, 1.54) is 10.7 Å². The SMILES string of the molecule is CC1CN(Cc2csc(C(C)(C)C)n2)CCC1O. The lowest BCUT2D eigenvalue weighted by Crippen LogP contribution is -2.41. The molecule has 2 rings (SSSR count). The van der Waals surface area contributed by atoms with Crippen molar-refractivity contribution in [3.8, 4) is 0 Å². The monoisotopic (exact) mass is 268 g/mol. The molecular weight excluding hydrogens is 244 g/mol. The fourth-order valence-corrected chi connectivity index (χ4v) is 3.21. The van der Waals surface area contributed by atoms with Gasteiger partial charge in [0.15, 0.2) is 0 Å². The van der Waals surface area contributed by atoms with Crippen molar-refractivity contribution in [1.29, 1.82) is 0 Å². The Morgan fingerprint density at radius 1 is 1.50 bits per heavy atom. The Labute approximate surface area is 114 Å². The van der Waals surface area contributed by atoms with Crippen molar-refractivity contribution in [2.45, 2.75) is 52.2 Å². The summed E-state index contributed by atoms with van der Waals surface area (Å²) >= 11 is 1.76. The minimum atomic E-state index is -0.123. The molecule has 1 saturated heterocycles. The van der Waals surface area contributed by atoms with Crippen LogP contribution in [0.25, 0.3) is 0 Å². The second-order valence-corrected chi connectivity index (χ2v) is 7.32. The number of aromatic nitrogens is 1. The van der Waals surface area contributed by atoms with E-state index < -0.39 is 0 Å². The molecule has 0 aromatic carbocycles. The molecule has 2 atom stereocenters. The van der Waals surface area contributed by atoms with Gasteiger partial charge in [0.25, 0.3) is 0 Å². The van der Waals surface area contributed by atoms with Crippen molar-refractivity contribution in [2.24, 2.45) is 5.92 Å². The Morgan fingerprint density at radius 2 is 2.22 bits per heavy atom. The van der Waals surface area contributed by atoms with Gasteiger partial charge in [-0.1, -0.05) is 27.7 Å². The average molecular weight is 268 g/mol. The first-order valence-corrected chi connectivity index (χ1v) is 7.59. The third-order valence-corrected chi connectivity index (χ3v) is 4.84. The summed E-state index contributed by atoms with van der Waals surface area (Å²) in [5.41, 5.74) is 1.32. The Hall–Kier alpha value is -0.450. The lowest BCUT2D eigenvalue weighted by Gasteiger charge is -2.33. The Balaban J connectivity index is 1.96. The van der Waals surface area contributed by atoms with Crippen LogP contribution in [-0.2, 0) is 12.0 Å². The van der Waals surface area contributed by atoms with E-state index in [0.717, 1.165) is 26.1 Å². The summed E-state index contributed by atoms with van der Waals surface area (Å²) in [6.45, 7) is 11.6. The summed E-state index contributed by atoms with van der Waals surface area (Å²) in [5.74, 6) is 0.375. The van der Waals surface area contributed by atoms with Crippen LogP contribution >= 0.6 is 11.3 Å². The van der Waals surface area contributed by atoms with Gasteiger partial charge in [-0.25, -0.2) is 4.98 Å². The molecule has 0 radical (unpaired) electrons. The smallest absolute Gasteiger partial charge is 0.0982 e. The molecule has 1 aromatic heterocycles. The number of hydrogen-bond donors (Lipinski definition) is 1. The van der Waals surface area contributed by atoms with E-state index in [0.29, 0.717) is 5.92 Å². The van der Waals surface area contributed by atoms with Crippen molar-refractivity contribution in [3.05, 3.63) is 16.1 Å². The number of rotatable bonds is 2. The molecule has 4 heteroatoms. The molecule has 0 amide bonds. The van der Waals surface area contributed by atoms with E-state index in [-0.39, 0.29) is 11.5 Å². The maximum absolute atomic E-state index is 9.73. The van der Waals surface area contributed by atoms with E-state index in [1.54, 1.807) is 11.3 Å². The number of thiazole rings is 1. The zero-order valence-electron chi connectivity index (χ0n) is 11.8. The molecule has 0 aliphatic carbocycles. The Bertz CT molecular complexity index is 397. The molecular formula is C14H24N2OS. The van der Waals surface area contributed by atoms with Gasteiger partial charge in [0.1, 0.15) is 0 Å². The van der Waals surface area contributed by atoms with E-state index in [9.17, 15) is 5.11 Å². The minimum absolute atomic E-state index is 0.123. The third kappa shape index (κ3) is 3.31. The summed E-state index contributed by atoms with van der Waals surface area (Å²) in [6, 6.07) is 0. The number of nitrogens with zero attached hydrogens (tertiary/aromatic N) is 2. The van der Waals surface area contributed by atoms with Gasteiger partial charge in [-0.05, 0) is 12.3 Å². The molecule has 2 unspecified atom stereocenters. The largest absolute Gasteiger partial charge is 0.393 e. The van der Waals surface area contributed by atoms with E-state index in [2.05, 4.69) is 38.0 Å². The molecule has 3 nitrogen and oxygen atoms in total. The fourth-order valence-electron chi connectivity index (χ4n) is 2.32. The molecule has 2 heterocycles. The Morgan fingerprint density at radius 3 is 2.78 bits per heavy atom. The van der Waals surface area contributed by atoms with E-state index >= 15 is 0 Å². The summed E-state index contributed by atoms with van der Waals surface area (Å²) < 4.78 is 0. The van der Waals surface area contributed by atoms with Crippen LogP contribution in [0.4, 0.5) is 0 Å². The van der Waals surface area contributed by atoms with Crippen LogP contribution in [0.2, 0.25) is 0 Å². The number of hydrogen-bond acceptors (Lipinski definition) is 4. The van der Waals surface area contributed by atoms with Crippen LogP contribution < -0.4 is 0 Å². The summed E-state index contributed by atoms with van der Waals surface area (Å²) in [6.07, 6.45) is 0.763. The topological polar surface area (TPSA) is 36.4 Å². The van der Waals surface area contributed by atoms with Crippen LogP contribution in [0.5, 0.6) is 0 Å². The quantitative estimate of drug-likeness (QED) is 0.896. The molecule has 102 valence electrons. The lowest BCUT2D eigenvalue weighted by atomic mass is 9.96. The molecule has 1 aromatic rings. The first-order valence-electron chi connectivity index (χ1n) is 6.71. The highest BCUT2D eigenvalue weighted by Gasteiger charge is 2.25. The molecule has 0 saturated carbocycles. The highest BCUT2D eigenvalue weighted by Crippen LogP contribution is 2.26. The van der Waals surface area contributed by atoms with Gasteiger partial charge in [0.2, 0.25) is 0 Å². The molecule has 1 N–H and O–H groups in total. The van der Waals surface area contributed by atoms with Gasteiger partial charge >= 0.3 is 0 Å². The average Bonchev–Trinajstić information content (AvgIpc) is 2.72. The van der Waals surface area contributed by atoms with Crippen molar-refractivity contribution in [3.63, 3.8) is 0 Å². The summed E-state index contributed by atoms with van der Waals surface area (Å²) in [4.78, 5) is 7.14. The summed E-state index contributed by atoms with van der Waals surface area (Å²) in [7, 11) is 0. The van der Waals surface area contributed by atoms with Crippen LogP contribution in [0, 0.1) is 5.92 Å². The van der Waals surface area contributed by atoms with Gasteiger partial charge in [-0.3, -0.25) is 4.90 Å². The van der Waals surface area contributed by atoms with Crippen LogP contribution in [-0.4, -0.2) is 34.2 Å². The molecule has 0 bridgehead atoms. The van der Waals surface area contributed by atoms with E-state index in [4.69, 9.17) is 4.98 Å². The minimum Gasteiger partial charge on any atom is -0.393 e. The second kappa shape index (κ2) is 5.27. The Kier molecular flexibility index (Phi) is 4.09.